The molecule has 0 unspecified atom stereocenters. The number of allylic oxidation sites excluding steroid dienone is 1. The van der Waals surface area contributed by atoms with E-state index in [2.05, 4.69) is 150 Å². The third-order valence-corrected chi connectivity index (χ3v) is 9.49. The van der Waals surface area contributed by atoms with Gasteiger partial charge in [-0.3, -0.25) is 4.57 Å². The Morgan fingerprint density at radius 1 is 0.490 bits per heavy atom. The van der Waals surface area contributed by atoms with E-state index in [1.165, 1.54) is 5.56 Å². The lowest BCUT2D eigenvalue weighted by molar-refractivity contribution is 0.954. The van der Waals surface area contributed by atoms with Crippen LogP contribution in [0, 0.1) is 0 Å². The smallest absolute Gasteiger partial charge is 0.238 e. The van der Waals surface area contributed by atoms with Crippen LogP contribution in [-0.2, 0) is 0 Å². The number of fused-ring (bicyclic) bond motifs is 4. The quantitative estimate of drug-likeness (QED) is 0.172. The first-order chi connectivity index (χ1) is 25.2. The van der Waals surface area contributed by atoms with Crippen molar-refractivity contribution >= 4 is 44.9 Å². The molecule has 0 amide bonds. The molecule has 0 aliphatic carbocycles. The Hall–Kier alpha value is -6.85. The summed E-state index contributed by atoms with van der Waals surface area (Å²) in [5.74, 6) is 1.79. The summed E-state index contributed by atoms with van der Waals surface area (Å²) in [6, 6.07) is 52.5. The molecule has 5 heteroatoms. The highest BCUT2D eigenvalue weighted by molar-refractivity contribution is 6.14. The molecule has 0 spiro atoms. The minimum Gasteiger partial charge on any atom is -0.309 e. The van der Waals surface area contributed by atoms with Crippen molar-refractivity contribution in [3.05, 3.63) is 176 Å². The zero-order valence-corrected chi connectivity index (χ0v) is 28.1. The van der Waals surface area contributed by atoms with E-state index in [0.29, 0.717) is 17.6 Å². The Bertz CT molecular complexity index is 2740. The van der Waals surface area contributed by atoms with Crippen LogP contribution < -0.4 is 0 Å². The number of hydrogen-bond donors (Lipinski definition) is 0. The largest absolute Gasteiger partial charge is 0.309 e. The second-order valence-electron chi connectivity index (χ2n) is 12.5. The lowest BCUT2D eigenvalue weighted by Crippen LogP contribution is -2.06. The Morgan fingerprint density at radius 3 is 1.69 bits per heavy atom. The van der Waals surface area contributed by atoms with Crippen molar-refractivity contribution in [1.29, 1.82) is 0 Å². The van der Waals surface area contributed by atoms with Crippen molar-refractivity contribution in [3.8, 4) is 45.5 Å². The van der Waals surface area contributed by atoms with Gasteiger partial charge >= 0.3 is 0 Å². The normalized spacial score (nSPS) is 11.6. The molecule has 242 valence electrons. The van der Waals surface area contributed by atoms with Gasteiger partial charge in [0.05, 0.1) is 22.2 Å². The Balaban J connectivity index is 1.32. The van der Waals surface area contributed by atoms with Crippen molar-refractivity contribution in [2.24, 2.45) is 0 Å². The summed E-state index contributed by atoms with van der Waals surface area (Å²) >= 11 is 0. The summed E-state index contributed by atoms with van der Waals surface area (Å²) in [6.07, 6.45) is 6.21. The highest BCUT2D eigenvalue weighted by Crippen LogP contribution is 2.39. The van der Waals surface area contributed by atoms with Crippen LogP contribution in [0.5, 0.6) is 0 Å². The number of hydrogen-bond acceptors (Lipinski definition) is 3. The molecule has 3 aromatic heterocycles. The van der Waals surface area contributed by atoms with Crippen LogP contribution in [-0.4, -0.2) is 24.1 Å². The molecular weight excluding hydrogens is 623 g/mol. The molecule has 0 radical (unpaired) electrons. The standard InChI is InChI=1S/C46H33N5/c1-3-16-40-36(4-2)38-29-43-39(30-42(38)50(40)35-21-12-7-13-22-35)37-23-14-15-24-41(37)51(43)46-48-44(33-19-10-6-11-20-33)47-45(49-46)34-27-25-32(26-28-34)31-17-8-5-9-18-31/h3-30H,2H2,1H3/b16-3-. The van der Waals surface area contributed by atoms with Crippen LogP contribution >= 0.6 is 0 Å². The van der Waals surface area contributed by atoms with Gasteiger partial charge < -0.3 is 4.57 Å². The van der Waals surface area contributed by atoms with E-state index >= 15 is 0 Å². The minimum absolute atomic E-state index is 0.563. The van der Waals surface area contributed by atoms with E-state index in [9.17, 15) is 0 Å². The maximum atomic E-state index is 5.20. The fourth-order valence-corrected chi connectivity index (χ4v) is 7.15. The maximum absolute atomic E-state index is 5.20. The van der Waals surface area contributed by atoms with Gasteiger partial charge in [-0.05, 0) is 54.5 Å². The fraction of sp³-hybridized carbons (Fsp3) is 0.0217. The molecule has 0 N–H and O–H groups in total. The van der Waals surface area contributed by atoms with E-state index in [1.54, 1.807) is 0 Å². The van der Waals surface area contributed by atoms with Crippen molar-refractivity contribution in [3.63, 3.8) is 0 Å². The number of nitrogens with zero attached hydrogens (tertiary/aromatic N) is 5. The Morgan fingerprint density at radius 2 is 1.02 bits per heavy atom. The molecule has 6 aromatic carbocycles. The van der Waals surface area contributed by atoms with Crippen molar-refractivity contribution in [2.45, 2.75) is 6.92 Å². The van der Waals surface area contributed by atoms with Crippen LogP contribution in [0.4, 0.5) is 0 Å². The Labute approximate surface area is 296 Å². The average molecular weight is 656 g/mol. The lowest BCUT2D eigenvalue weighted by Gasteiger charge is -2.11. The monoisotopic (exact) mass is 655 g/mol. The first-order valence-corrected chi connectivity index (χ1v) is 17.1. The zero-order valence-electron chi connectivity index (χ0n) is 28.1. The van der Waals surface area contributed by atoms with Gasteiger partial charge in [-0.15, -0.1) is 0 Å². The van der Waals surface area contributed by atoms with E-state index in [4.69, 9.17) is 15.0 Å². The van der Waals surface area contributed by atoms with Crippen LogP contribution in [0.3, 0.4) is 0 Å². The second-order valence-corrected chi connectivity index (χ2v) is 12.5. The van der Waals surface area contributed by atoms with Gasteiger partial charge in [-0.25, -0.2) is 4.98 Å². The first kappa shape index (κ1) is 30.2. The number of benzene rings is 6. The molecule has 51 heavy (non-hydrogen) atoms. The minimum atomic E-state index is 0.563. The van der Waals surface area contributed by atoms with Crippen molar-refractivity contribution in [2.75, 3.05) is 0 Å². The van der Waals surface area contributed by atoms with Gasteiger partial charge in [-0.1, -0.05) is 140 Å². The molecule has 0 fully saturated rings. The number of para-hydroxylation sites is 2. The van der Waals surface area contributed by atoms with Gasteiger partial charge in [-0.2, -0.15) is 9.97 Å². The highest BCUT2D eigenvalue weighted by Gasteiger charge is 2.22. The second kappa shape index (κ2) is 12.6. The highest BCUT2D eigenvalue weighted by atomic mass is 15.2. The van der Waals surface area contributed by atoms with Crippen LogP contribution in [0.15, 0.2) is 164 Å². The summed E-state index contributed by atoms with van der Waals surface area (Å²) in [5.41, 5.74) is 10.6. The van der Waals surface area contributed by atoms with Gasteiger partial charge in [0.15, 0.2) is 11.6 Å². The molecule has 9 rings (SSSR count). The molecule has 3 heterocycles. The molecule has 9 aromatic rings. The van der Waals surface area contributed by atoms with E-state index in [-0.39, 0.29) is 0 Å². The number of aromatic nitrogens is 5. The summed E-state index contributed by atoms with van der Waals surface area (Å²) in [5, 5.41) is 3.34. The third kappa shape index (κ3) is 5.15. The summed E-state index contributed by atoms with van der Waals surface area (Å²) < 4.78 is 4.51. The summed E-state index contributed by atoms with van der Waals surface area (Å²) in [6.45, 7) is 6.31. The van der Waals surface area contributed by atoms with Crippen LogP contribution in [0.2, 0.25) is 0 Å². The molecule has 0 atom stereocenters. The van der Waals surface area contributed by atoms with E-state index < -0.39 is 0 Å². The first-order valence-electron chi connectivity index (χ1n) is 17.1. The topological polar surface area (TPSA) is 48.5 Å². The van der Waals surface area contributed by atoms with E-state index in [1.807, 2.05) is 42.5 Å². The van der Waals surface area contributed by atoms with E-state index in [0.717, 1.165) is 66.3 Å². The molecule has 0 aliphatic heterocycles. The molecular formula is C46H33N5. The molecule has 0 aliphatic rings. The fourth-order valence-electron chi connectivity index (χ4n) is 7.15. The van der Waals surface area contributed by atoms with Crippen molar-refractivity contribution < 1.29 is 0 Å². The molecule has 0 saturated heterocycles. The average Bonchev–Trinajstić information content (AvgIpc) is 3.69. The van der Waals surface area contributed by atoms with Gasteiger partial charge in [0.2, 0.25) is 5.95 Å². The van der Waals surface area contributed by atoms with Gasteiger partial charge in [0.25, 0.3) is 0 Å². The van der Waals surface area contributed by atoms with Crippen LogP contribution in [0.1, 0.15) is 18.2 Å². The lowest BCUT2D eigenvalue weighted by atomic mass is 10.0. The molecule has 5 nitrogen and oxygen atoms in total. The third-order valence-electron chi connectivity index (χ3n) is 9.49. The summed E-state index contributed by atoms with van der Waals surface area (Å²) in [7, 11) is 0. The zero-order chi connectivity index (χ0) is 34.3. The maximum Gasteiger partial charge on any atom is 0.238 e. The van der Waals surface area contributed by atoms with Gasteiger partial charge in [0, 0.05) is 38.5 Å². The van der Waals surface area contributed by atoms with Crippen LogP contribution in [0.25, 0.3) is 90.4 Å². The van der Waals surface area contributed by atoms with Gasteiger partial charge in [0.1, 0.15) is 0 Å². The predicted octanol–water partition coefficient (Wildman–Crippen LogP) is 11.6. The number of rotatable bonds is 7. The summed E-state index contributed by atoms with van der Waals surface area (Å²) in [4.78, 5) is 15.4. The Kier molecular flexibility index (Phi) is 7.44. The molecule has 0 saturated carbocycles. The SMILES string of the molecule is C=Cc1c(/C=C\C)n(-c2ccccc2)c2cc3c4ccccc4n(-c4nc(-c5ccccc5)nc(-c5ccc(-c6ccccc6)cc5)n4)c3cc12. The molecule has 0 bridgehead atoms. The predicted molar refractivity (Wildman–Crippen MR) is 212 cm³/mol. The van der Waals surface area contributed by atoms with Crippen molar-refractivity contribution in [1.82, 2.24) is 24.1 Å².